The highest BCUT2D eigenvalue weighted by Crippen LogP contribution is 2.22. The predicted octanol–water partition coefficient (Wildman–Crippen LogP) is 2.37. The number of amides is 1. The van der Waals surface area contributed by atoms with Gasteiger partial charge in [-0.25, -0.2) is 4.39 Å². The SMILES string of the molecule is CC(NCc1nnc(-c2ccc(F)cc2)o1)(C(N)=O)c1ccccc1. The Kier molecular flexibility index (Phi) is 4.58. The maximum atomic E-state index is 13.0. The van der Waals surface area contributed by atoms with E-state index in [0.29, 0.717) is 11.5 Å². The highest BCUT2D eigenvalue weighted by Gasteiger charge is 2.33. The minimum atomic E-state index is -1.08. The van der Waals surface area contributed by atoms with Gasteiger partial charge in [0.2, 0.25) is 17.7 Å². The van der Waals surface area contributed by atoms with E-state index in [-0.39, 0.29) is 18.3 Å². The molecule has 2 aromatic carbocycles. The van der Waals surface area contributed by atoms with Crippen molar-refractivity contribution < 1.29 is 13.6 Å². The number of carbonyl (C=O) groups excluding carboxylic acids is 1. The van der Waals surface area contributed by atoms with Crippen LogP contribution in [0.2, 0.25) is 0 Å². The molecule has 0 aliphatic heterocycles. The van der Waals surface area contributed by atoms with Crippen molar-refractivity contribution in [3.8, 4) is 11.5 Å². The number of carbonyl (C=O) groups is 1. The first-order valence-corrected chi connectivity index (χ1v) is 7.68. The molecule has 1 unspecified atom stereocenters. The van der Waals surface area contributed by atoms with E-state index >= 15 is 0 Å². The zero-order valence-electron chi connectivity index (χ0n) is 13.6. The Balaban J connectivity index is 1.76. The second-order valence-corrected chi connectivity index (χ2v) is 5.72. The summed E-state index contributed by atoms with van der Waals surface area (Å²) in [4.78, 5) is 12.0. The van der Waals surface area contributed by atoms with Gasteiger partial charge >= 0.3 is 0 Å². The van der Waals surface area contributed by atoms with Gasteiger partial charge in [0.05, 0.1) is 6.54 Å². The van der Waals surface area contributed by atoms with E-state index in [1.165, 1.54) is 12.1 Å². The number of nitrogens with one attached hydrogen (secondary N) is 1. The normalized spacial score (nSPS) is 13.4. The van der Waals surface area contributed by atoms with E-state index in [9.17, 15) is 9.18 Å². The molecule has 3 N–H and O–H groups in total. The lowest BCUT2D eigenvalue weighted by molar-refractivity contribution is -0.124. The van der Waals surface area contributed by atoms with Crippen LogP contribution in [0.4, 0.5) is 4.39 Å². The van der Waals surface area contributed by atoms with E-state index in [4.69, 9.17) is 10.2 Å². The van der Waals surface area contributed by atoms with Crippen LogP contribution < -0.4 is 11.1 Å². The van der Waals surface area contributed by atoms with Crippen LogP contribution in [-0.4, -0.2) is 16.1 Å². The number of halogens is 1. The summed E-state index contributed by atoms with van der Waals surface area (Å²) in [6.45, 7) is 1.85. The fourth-order valence-corrected chi connectivity index (χ4v) is 2.39. The van der Waals surface area contributed by atoms with Gasteiger partial charge in [-0.15, -0.1) is 10.2 Å². The Bertz CT molecular complexity index is 864. The standard InChI is InChI=1S/C18H17FN4O2/c1-18(17(20)24,13-5-3-2-4-6-13)21-11-15-22-23-16(25-15)12-7-9-14(19)10-8-12/h2-10,21H,11H2,1H3,(H2,20,24). The van der Waals surface area contributed by atoms with Gasteiger partial charge in [-0.2, -0.15) is 0 Å². The summed E-state index contributed by atoms with van der Waals surface area (Å²) in [5.74, 6) is -0.290. The third-order valence-electron chi connectivity index (χ3n) is 4.00. The molecule has 0 spiro atoms. The quantitative estimate of drug-likeness (QED) is 0.718. The lowest BCUT2D eigenvalue weighted by Crippen LogP contribution is -2.50. The molecule has 7 heteroatoms. The number of hydrogen-bond donors (Lipinski definition) is 2. The molecule has 0 aliphatic rings. The van der Waals surface area contributed by atoms with Gasteiger partial charge in [-0.3, -0.25) is 10.1 Å². The molecule has 1 aromatic heterocycles. The molecule has 3 aromatic rings. The van der Waals surface area contributed by atoms with Crippen LogP contribution in [0, 0.1) is 5.82 Å². The van der Waals surface area contributed by atoms with Gasteiger partial charge < -0.3 is 10.2 Å². The average molecular weight is 340 g/mol. The fraction of sp³-hybridized carbons (Fsp3) is 0.167. The van der Waals surface area contributed by atoms with Crippen molar-refractivity contribution in [1.29, 1.82) is 0 Å². The highest BCUT2D eigenvalue weighted by molar-refractivity contribution is 5.85. The molecule has 0 aliphatic carbocycles. The van der Waals surface area contributed by atoms with Crippen LogP contribution >= 0.6 is 0 Å². The van der Waals surface area contributed by atoms with E-state index in [0.717, 1.165) is 5.56 Å². The van der Waals surface area contributed by atoms with Crippen molar-refractivity contribution in [2.24, 2.45) is 5.73 Å². The largest absolute Gasteiger partial charge is 0.419 e. The van der Waals surface area contributed by atoms with Crippen LogP contribution in [0.5, 0.6) is 0 Å². The third-order valence-corrected chi connectivity index (χ3v) is 4.00. The summed E-state index contributed by atoms with van der Waals surface area (Å²) >= 11 is 0. The molecule has 3 rings (SSSR count). The highest BCUT2D eigenvalue weighted by atomic mass is 19.1. The van der Waals surface area contributed by atoms with Crippen molar-refractivity contribution in [3.63, 3.8) is 0 Å². The molecular formula is C18H17FN4O2. The number of aromatic nitrogens is 2. The predicted molar refractivity (Wildman–Crippen MR) is 89.5 cm³/mol. The van der Waals surface area contributed by atoms with Gasteiger partial charge in [-0.05, 0) is 36.8 Å². The Morgan fingerprint density at radius 1 is 1.16 bits per heavy atom. The van der Waals surface area contributed by atoms with Gasteiger partial charge in [0.25, 0.3) is 0 Å². The lowest BCUT2D eigenvalue weighted by atomic mass is 9.91. The van der Waals surface area contributed by atoms with Crippen molar-refractivity contribution >= 4 is 5.91 Å². The van der Waals surface area contributed by atoms with Gasteiger partial charge in [0.15, 0.2) is 0 Å². The zero-order chi connectivity index (χ0) is 17.9. The lowest BCUT2D eigenvalue weighted by Gasteiger charge is -2.27. The smallest absolute Gasteiger partial charge is 0.247 e. The summed E-state index contributed by atoms with van der Waals surface area (Å²) in [6, 6.07) is 14.9. The van der Waals surface area contributed by atoms with Gasteiger partial charge in [0, 0.05) is 5.56 Å². The minimum absolute atomic E-state index is 0.155. The Morgan fingerprint density at radius 3 is 2.48 bits per heavy atom. The van der Waals surface area contributed by atoms with Crippen molar-refractivity contribution in [1.82, 2.24) is 15.5 Å². The van der Waals surface area contributed by atoms with Crippen LogP contribution in [0.15, 0.2) is 59.0 Å². The summed E-state index contributed by atoms with van der Waals surface area (Å²) in [6.07, 6.45) is 0. The maximum absolute atomic E-state index is 13.0. The van der Waals surface area contributed by atoms with Crippen LogP contribution in [0.25, 0.3) is 11.5 Å². The molecule has 0 bridgehead atoms. The molecule has 1 atom stereocenters. The Hall–Kier alpha value is -3.06. The Labute approximate surface area is 143 Å². The number of benzene rings is 2. The van der Waals surface area contributed by atoms with Gasteiger partial charge in [-0.1, -0.05) is 30.3 Å². The first kappa shape index (κ1) is 16.8. The topological polar surface area (TPSA) is 94.0 Å². The molecule has 0 radical (unpaired) electrons. The molecule has 0 fully saturated rings. The van der Waals surface area contributed by atoms with Crippen molar-refractivity contribution in [2.75, 3.05) is 0 Å². The molecule has 128 valence electrons. The van der Waals surface area contributed by atoms with E-state index in [2.05, 4.69) is 15.5 Å². The molecule has 0 saturated carbocycles. The van der Waals surface area contributed by atoms with E-state index in [1.807, 2.05) is 30.3 Å². The first-order valence-electron chi connectivity index (χ1n) is 7.68. The summed E-state index contributed by atoms with van der Waals surface area (Å²) < 4.78 is 18.5. The number of hydrogen-bond acceptors (Lipinski definition) is 5. The number of rotatable bonds is 6. The van der Waals surface area contributed by atoms with Gasteiger partial charge in [0.1, 0.15) is 11.4 Å². The van der Waals surface area contributed by atoms with E-state index in [1.54, 1.807) is 19.1 Å². The first-order chi connectivity index (χ1) is 12.0. The maximum Gasteiger partial charge on any atom is 0.247 e. The second kappa shape index (κ2) is 6.82. The third kappa shape index (κ3) is 3.56. The monoisotopic (exact) mass is 340 g/mol. The molecule has 1 amide bonds. The minimum Gasteiger partial charge on any atom is -0.419 e. The zero-order valence-corrected chi connectivity index (χ0v) is 13.6. The summed E-state index contributed by atoms with van der Waals surface area (Å²) in [5, 5.41) is 11.0. The Morgan fingerprint density at radius 2 is 1.84 bits per heavy atom. The van der Waals surface area contributed by atoms with Crippen LogP contribution in [0.1, 0.15) is 18.4 Å². The van der Waals surface area contributed by atoms with Crippen molar-refractivity contribution in [3.05, 3.63) is 71.9 Å². The summed E-state index contributed by atoms with van der Waals surface area (Å²) in [7, 11) is 0. The van der Waals surface area contributed by atoms with Crippen LogP contribution in [-0.2, 0) is 16.9 Å². The molecule has 1 heterocycles. The summed E-state index contributed by atoms with van der Waals surface area (Å²) in [5.41, 5.74) is 5.85. The molecule has 6 nitrogen and oxygen atoms in total. The molecule has 25 heavy (non-hydrogen) atoms. The number of primary amides is 1. The number of nitrogens with two attached hydrogens (primary N) is 1. The van der Waals surface area contributed by atoms with E-state index < -0.39 is 11.4 Å². The molecule has 0 saturated heterocycles. The van der Waals surface area contributed by atoms with Crippen LogP contribution in [0.3, 0.4) is 0 Å². The fourth-order valence-electron chi connectivity index (χ4n) is 2.39. The second-order valence-electron chi connectivity index (χ2n) is 5.72. The average Bonchev–Trinajstić information content (AvgIpc) is 3.10. The molecular weight excluding hydrogens is 323 g/mol. The van der Waals surface area contributed by atoms with Crippen molar-refractivity contribution in [2.45, 2.75) is 19.0 Å². The number of nitrogens with zero attached hydrogens (tertiary/aromatic N) is 2.